The SMILES string of the molecule is CNC(=O)CC1(c2ccccc2)CCN(C)CC1. The predicted molar refractivity (Wildman–Crippen MR) is 73.5 cm³/mol. The summed E-state index contributed by atoms with van der Waals surface area (Å²) < 4.78 is 0. The first-order chi connectivity index (χ1) is 8.66. The third kappa shape index (κ3) is 2.72. The highest BCUT2D eigenvalue weighted by Crippen LogP contribution is 2.38. The van der Waals surface area contributed by atoms with E-state index in [0.29, 0.717) is 6.42 Å². The van der Waals surface area contributed by atoms with Gasteiger partial charge in [-0.15, -0.1) is 0 Å². The van der Waals surface area contributed by atoms with Crippen molar-refractivity contribution in [3.05, 3.63) is 35.9 Å². The van der Waals surface area contributed by atoms with E-state index in [9.17, 15) is 4.79 Å². The van der Waals surface area contributed by atoms with Crippen LogP contribution in [0, 0.1) is 0 Å². The third-order valence-corrected chi connectivity index (χ3v) is 4.11. The summed E-state index contributed by atoms with van der Waals surface area (Å²) in [4.78, 5) is 14.2. The van der Waals surface area contributed by atoms with Crippen LogP contribution in [0.3, 0.4) is 0 Å². The maximum Gasteiger partial charge on any atom is 0.220 e. The number of likely N-dealkylation sites (tertiary alicyclic amines) is 1. The molecule has 0 radical (unpaired) electrons. The molecular formula is C15H22N2O. The number of carbonyl (C=O) groups is 1. The molecule has 1 N–H and O–H groups in total. The Kier molecular flexibility index (Phi) is 4.02. The van der Waals surface area contributed by atoms with E-state index in [4.69, 9.17) is 0 Å². The highest BCUT2D eigenvalue weighted by molar-refractivity contribution is 5.77. The van der Waals surface area contributed by atoms with Crippen molar-refractivity contribution in [1.29, 1.82) is 0 Å². The van der Waals surface area contributed by atoms with E-state index in [1.54, 1.807) is 7.05 Å². The van der Waals surface area contributed by atoms with Gasteiger partial charge < -0.3 is 10.2 Å². The molecule has 0 atom stereocenters. The van der Waals surface area contributed by atoms with Gasteiger partial charge in [-0.1, -0.05) is 30.3 Å². The Bertz CT molecular complexity index is 394. The number of nitrogens with one attached hydrogen (secondary N) is 1. The van der Waals surface area contributed by atoms with Crippen molar-refractivity contribution < 1.29 is 4.79 Å². The lowest BCUT2D eigenvalue weighted by Crippen LogP contribution is -2.43. The first-order valence-electron chi connectivity index (χ1n) is 6.61. The van der Waals surface area contributed by atoms with E-state index in [1.807, 2.05) is 6.07 Å². The molecule has 1 aliphatic rings. The standard InChI is InChI=1S/C15H22N2O/c1-16-14(18)12-15(8-10-17(2)11-9-15)13-6-4-3-5-7-13/h3-7H,8-12H2,1-2H3,(H,16,18). The van der Waals surface area contributed by atoms with Gasteiger partial charge in [0.15, 0.2) is 0 Å². The van der Waals surface area contributed by atoms with Gasteiger partial charge in [-0.05, 0) is 38.5 Å². The Morgan fingerprint density at radius 1 is 1.28 bits per heavy atom. The second-order valence-electron chi connectivity index (χ2n) is 5.30. The molecular weight excluding hydrogens is 224 g/mol. The molecule has 1 heterocycles. The molecule has 3 nitrogen and oxygen atoms in total. The zero-order valence-corrected chi connectivity index (χ0v) is 11.3. The topological polar surface area (TPSA) is 32.3 Å². The van der Waals surface area contributed by atoms with Crippen LogP contribution in [-0.4, -0.2) is 38.0 Å². The summed E-state index contributed by atoms with van der Waals surface area (Å²) in [5.41, 5.74) is 1.33. The number of hydrogen-bond acceptors (Lipinski definition) is 2. The van der Waals surface area contributed by atoms with Crippen LogP contribution >= 0.6 is 0 Å². The van der Waals surface area contributed by atoms with Crippen molar-refractivity contribution in [3.8, 4) is 0 Å². The average Bonchev–Trinajstić information content (AvgIpc) is 2.42. The summed E-state index contributed by atoms with van der Waals surface area (Å²) in [5.74, 6) is 0.142. The van der Waals surface area contributed by atoms with E-state index in [2.05, 4.69) is 41.5 Å². The van der Waals surface area contributed by atoms with E-state index in [-0.39, 0.29) is 11.3 Å². The van der Waals surface area contributed by atoms with Crippen molar-refractivity contribution in [2.45, 2.75) is 24.7 Å². The number of carbonyl (C=O) groups excluding carboxylic acids is 1. The molecule has 1 fully saturated rings. The molecule has 1 aliphatic heterocycles. The van der Waals surface area contributed by atoms with E-state index >= 15 is 0 Å². The fourth-order valence-electron chi connectivity index (χ4n) is 2.80. The van der Waals surface area contributed by atoms with Gasteiger partial charge in [-0.25, -0.2) is 0 Å². The van der Waals surface area contributed by atoms with Gasteiger partial charge in [0, 0.05) is 18.9 Å². The Balaban J connectivity index is 2.25. The lowest BCUT2D eigenvalue weighted by Gasteiger charge is -2.40. The van der Waals surface area contributed by atoms with Crippen LogP contribution in [0.2, 0.25) is 0 Å². The Hall–Kier alpha value is -1.35. The van der Waals surface area contributed by atoms with Crippen LogP contribution in [0.5, 0.6) is 0 Å². The molecule has 0 aliphatic carbocycles. The van der Waals surface area contributed by atoms with Crippen LogP contribution in [-0.2, 0) is 10.2 Å². The van der Waals surface area contributed by atoms with Gasteiger partial charge in [0.2, 0.25) is 5.91 Å². The average molecular weight is 246 g/mol. The van der Waals surface area contributed by atoms with Crippen molar-refractivity contribution in [3.63, 3.8) is 0 Å². The molecule has 1 amide bonds. The van der Waals surface area contributed by atoms with Gasteiger partial charge in [0.05, 0.1) is 0 Å². The fraction of sp³-hybridized carbons (Fsp3) is 0.533. The number of piperidine rings is 1. The smallest absolute Gasteiger partial charge is 0.220 e. The quantitative estimate of drug-likeness (QED) is 0.882. The van der Waals surface area contributed by atoms with Gasteiger partial charge in [0.1, 0.15) is 0 Å². The van der Waals surface area contributed by atoms with Crippen molar-refractivity contribution in [2.24, 2.45) is 0 Å². The zero-order chi connectivity index (χ0) is 13.0. The summed E-state index contributed by atoms with van der Waals surface area (Å²) in [7, 11) is 3.87. The second kappa shape index (κ2) is 5.53. The van der Waals surface area contributed by atoms with Crippen LogP contribution in [0.25, 0.3) is 0 Å². The maximum absolute atomic E-state index is 11.8. The molecule has 1 aromatic rings. The number of amides is 1. The lowest BCUT2D eigenvalue weighted by molar-refractivity contribution is -0.122. The summed E-state index contributed by atoms with van der Waals surface area (Å²) in [6, 6.07) is 10.5. The van der Waals surface area contributed by atoms with Crippen LogP contribution in [0.15, 0.2) is 30.3 Å². The second-order valence-corrected chi connectivity index (χ2v) is 5.30. The molecule has 0 bridgehead atoms. The maximum atomic E-state index is 11.8. The molecule has 18 heavy (non-hydrogen) atoms. The molecule has 0 spiro atoms. The van der Waals surface area contributed by atoms with Crippen molar-refractivity contribution in [2.75, 3.05) is 27.2 Å². The zero-order valence-electron chi connectivity index (χ0n) is 11.3. The van der Waals surface area contributed by atoms with Gasteiger partial charge in [-0.2, -0.15) is 0 Å². The van der Waals surface area contributed by atoms with Gasteiger partial charge in [0.25, 0.3) is 0 Å². The number of rotatable bonds is 3. The minimum atomic E-state index is 0.0217. The monoisotopic (exact) mass is 246 g/mol. The predicted octanol–water partition coefficient (Wildman–Crippen LogP) is 1.79. The van der Waals surface area contributed by atoms with Crippen molar-refractivity contribution >= 4 is 5.91 Å². The molecule has 0 saturated carbocycles. The van der Waals surface area contributed by atoms with Gasteiger partial charge >= 0.3 is 0 Å². The molecule has 2 rings (SSSR count). The van der Waals surface area contributed by atoms with E-state index in [1.165, 1.54) is 5.56 Å². The molecule has 1 aromatic carbocycles. The molecule has 1 saturated heterocycles. The van der Waals surface area contributed by atoms with Crippen LogP contribution in [0.1, 0.15) is 24.8 Å². The van der Waals surface area contributed by atoms with E-state index < -0.39 is 0 Å². The Morgan fingerprint density at radius 2 is 1.89 bits per heavy atom. The minimum absolute atomic E-state index is 0.0217. The molecule has 98 valence electrons. The summed E-state index contributed by atoms with van der Waals surface area (Å²) in [6.45, 7) is 2.12. The number of benzene rings is 1. The summed E-state index contributed by atoms with van der Waals surface area (Å²) >= 11 is 0. The number of hydrogen-bond donors (Lipinski definition) is 1. The molecule has 3 heteroatoms. The van der Waals surface area contributed by atoms with Crippen LogP contribution in [0.4, 0.5) is 0 Å². The minimum Gasteiger partial charge on any atom is -0.359 e. The van der Waals surface area contributed by atoms with Crippen molar-refractivity contribution in [1.82, 2.24) is 10.2 Å². The number of nitrogens with zero attached hydrogens (tertiary/aromatic N) is 1. The largest absolute Gasteiger partial charge is 0.359 e. The summed E-state index contributed by atoms with van der Waals surface area (Å²) in [6.07, 6.45) is 2.71. The highest BCUT2D eigenvalue weighted by atomic mass is 16.1. The lowest BCUT2D eigenvalue weighted by atomic mass is 9.70. The fourth-order valence-corrected chi connectivity index (χ4v) is 2.80. The highest BCUT2D eigenvalue weighted by Gasteiger charge is 2.36. The van der Waals surface area contributed by atoms with Crippen LogP contribution < -0.4 is 5.32 Å². The molecule has 0 unspecified atom stereocenters. The molecule has 0 aromatic heterocycles. The van der Waals surface area contributed by atoms with Gasteiger partial charge in [-0.3, -0.25) is 4.79 Å². The summed E-state index contributed by atoms with van der Waals surface area (Å²) in [5, 5.41) is 2.77. The normalized spacial score (nSPS) is 19.4. The first kappa shape index (κ1) is 13.1. The Labute approximate surface area is 109 Å². The third-order valence-electron chi connectivity index (χ3n) is 4.11. The Morgan fingerprint density at radius 3 is 2.44 bits per heavy atom. The first-order valence-corrected chi connectivity index (χ1v) is 6.61. The van der Waals surface area contributed by atoms with E-state index in [0.717, 1.165) is 25.9 Å².